The zero-order valence-corrected chi connectivity index (χ0v) is 9.20. The number of hydrogen-bond acceptors (Lipinski definition) is 3. The van der Waals surface area contributed by atoms with Crippen molar-refractivity contribution in [1.29, 1.82) is 0 Å². The molecule has 0 atom stereocenters. The Kier molecular flexibility index (Phi) is 2.79. The van der Waals surface area contributed by atoms with Crippen LogP contribution in [0.1, 0.15) is 0 Å². The van der Waals surface area contributed by atoms with Crippen LogP contribution < -0.4 is 11.1 Å². The molecule has 78 valence electrons. The lowest BCUT2D eigenvalue weighted by molar-refractivity contribution is 0.633. The molecular weight excluding hydrogens is 235 g/mol. The fraction of sp³-hybridized carbons (Fsp3) is 0. The topological polar surface area (TPSA) is 38.0 Å². The van der Waals surface area contributed by atoms with Gasteiger partial charge in [-0.05, 0) is 24.3 Å². The Morgan fingerprint density at radius 1 is 1.27 bits per heavy atom. The number of rotatable bonds is 2. The summed E-state index contributed by atoms with van der Waals surface area (Å²) >= 11 is 7.14. The summed E-state index contributed by atoms with van der Waals surface area (Å²) < 4.78 is 13.8. The van der Waals surface area contributed by atoms with Gasteiger partial charge in [0.05, 0.1) is 20.7 Å². The van der Waals surface area contributed by atoms with Gasteiger partial charge in [0.25, 0.3) is 0 Å². The van der Waals surface area contributed by atoms with Gasteiger partial charge in [-0.2, -0.15) is 0 Å². The molecule has 1 aromatic heterocycles. The van der Waals surface area contributed by atoms with Gasteiger partial charge < -0.3 is 11.1 Å². The first-order valence-corrected chi connectivity index (χ1v) is 5.42. The summed E-state index contributed by atoms with van der Waals surface area (Å²) in [5, 5.41) is 3.83. The fourth-order valence-electron chi connectivity index (χ4n) is 1.16. The minimum atomic E-state index is -0.428. The van der Waals surface area contributed by atoms with Crippen LogP contribution in [0.4, 0.5) is 20.8 Å². The molecule has 0 aliphatic rings. The molecule has 0 fully saturated rings. The third kappa shape index (κ3) is 2.22. The summed E-state index contributed by atoms with van der Waals surface area (Å²) in [4.78, 5) is 0. The van der Waals surface area contributed by atoms with E-state index in [1.54, 1.807) is 18.2 Å². The van der Waals surface area contributed by atoms with Crippen molar-refractivity contribution in [2.45, 2.75) is 0 Å². The number of benzene rings is 1. The summed E-state index contributed by atoms with van der Waals surface area (Å²) in [7, 11) is 0. The number of nitrogens with one attached hydrogen (secondary N) is 1. The van der Waals surface area contributed by atoms with E-state index in [2.05, 4.69) is 5.32 Å². The van der Waals surface area contributed by atoms with Gasteiger partial charge in [-0.3, -0.25) is 0 Å². The third-order valence-corrected chi connectivity index (χ3v) is 3.03. The smallest absolute Gasteiger partial charge is 0.148 e. The van der Waals surface area contributed by atoms with Gasteiger partial charge in [0.1, 0.15) is 5.82 Å². The Morgan fingerprint density at radius 2 is 2.07 bits per heavy atom. The molecule has 2 rings (SSSR count). The van der Waals surface area contributed by atoms with Crippen molar-refractivity contribution in [3.63, 3.8) is 0 Å². The average molecular weight is 243 g/mol. The quantitative estimate of drug-likeness (QED) is 0.785. The molecule has 0 radical (unpaired) electrons. The SMILES string of the molecule is Nc1c(F)cccc1Nc1ccc(Cl)s1. The summed E-state index contributed by atoms with van der Waals surface area (Å²) in [5.41, 5.74) is 6.23. The molecule has 0 bridgehead atoms. The van der Waals surface area contributed by atoms with Gasteiger partial charge in [0.2, 0.25) is 0 Å². The number of nitrogens with two attached hydrogens (primary N) is 1. The van der Waals surface area contributed by atoms with Gasteiger partial charge >= 0.3 is 0 Å². The van der Waals surface area contributed by atoms with Crippen molar-refractivity contribution in [2.24, 2.45) is 0 Å². The van der Waals surface area contributed by atoms with Crippen LogP contribution in [-0.4, -0.2) is 0 Å². The Balaban J connectivity index is 2.28. The number of halogens is 2. The van der Waals surface area contributed by atoms with E-state index >= 15 is 0 Å². The van der Waals surface area contributed by atoms with Crippen LogP contribution in [0.15, 0.2) is 30.3 Å². The summed E-state index contributed by atoms with van der Waals surface area (Å²) in [6.07, 6.45) is 0. The van der Waals surface area contributed by atoms with Crippen molar-refractivity contribution in [3.05, 3.63) is 40.5 Å². The van der Waals surface area contributed by atoms with Gasteiger partial charge in [-0.15, -0.1) is 11.3 Å². The minimum absolute atomic E-state index is 0.113. The molecular formula is C10H8ClFN2S. The van der Waals surface area contributed by atoms with E-state index in [0.717, 1.165) is 5.00 Å². The highest BCUT2D eigenvalue weighted by atomic mass is 35.5. The van der Waals surface area contributed by atoms with Crippen LogP contribution in [0.5, 0.6) is 0 Å². The highest BCUT2D eigenvalue weighted by Crippen LogP contribution is 2.31. The van der Waals surface area contributed by atoms with E-state index < -0.39 is 5.82 Å². The van der Waals surface area contributed by atoms with Crippen molar-refractivity contribution in [2.75, 3.05) is 11.1 Å². The van der Waals surface area contributed by atoms with Crippen molar-refractivity contribution in [1.82, 2.24) is 0 Å². The molecule has 1 aromatic carbocycles. The monoisotopic (exact) mass is 242 g/mol. The lowest BCUT2D eigenvalue weighted by Gasteiger charge is -2.07. The number of hydrogen-bond donors (Lipinski definition) is 2. The maximum absolute atomic E-state index is 13.1. The van der Waals surface area contributed by atoms with Crippen LogP contribution in [0.2, 0.25) is 4.34 Å². The van der Waals surface area contributed by atoms with Gasteiger partial charge in [0.15, 0.2) is 0 Å². The molecule has 3 N–H and O–H groups in total. The molecule has 0 unspecified atom stereocenters. The zero-order valence-electron chi connectivity index (χ0n) is 7.63. The Hall–Kier alpha value is -1.26. The molecule has 0 spiro atoms. The average Bonchev–Trinajstić information content (AvgIpc) is 2.59. The van der Waals surface area contributed by atoms with E-state index in [9.17, 15) is 4.39 Å². The second kappa shape index (κ2) is 4.08. The summed E-state index contributed by atoms with van der Waals surface area (Å²) in [6.45, 7) is 0. The van der Waals surface area contributed by atoms with Crippen LogP contribution in [0.3, 0.4) is 0 Å². The zero-order chi connectivity index (χ0) is 10.8. The molecule has 5 heteroatoms. The summed E-state index contributed by atoms with van der Waals surface area (Å²) in [6, 6.07) is 8.22. The predicted octanol–water partition coefficient (Wildman–Crippen LogP) is 3.87. The lowest BCUT2D eigenvalue weighted by atomic mass is 10.2. The number of para-hydroxylation sites is 1. The molecule has 0 saturated carbocycles. The molecule has 15 heavy (non-hydrogen) atoms. The van der Waals surface area contributed by atoms with Crippen molar-refractivity contribution < 1.29 is 4.39 Å². The first-order valence-electron chi connectivity index (χ1n) is 4.23. The molecule has 0 aliphatic heterocycles. The highest BCUT2D eigenvalue weighted by Gasteiger charge is 2.05. The van der Waals surface area contributed by atoms with E-state index in [4.69, 9.17) is 17.3 Å². The maximum atomic E-state index is 13.1. The standard InChI is InChI=1S/C10H8ClFN2S/c11-8-4-5-9(15-8)14-7-3-1-2-6(12)10(7)13/h1-5,14H,13H2. The Morgan fingerprint density at radius 3 is 2.73 bits per heavy atom. The lowest BCUT2D eigenvalue weighted by Crippen LogP contribution is -1.97. The van der Waals surface area contributed by atoms with Gasteiger partial charge in [-0.1, -0.05) is 17.7 Å². The minimum Gasteiger partial charge on any atom is -0.395 e. The van der Waals surface area contributed by atoms with Gasteiger partial charge in [-0.25, -0.2) is 4.39 Å². The Labute approximate surface area is 95.5 Å². The molecule has 0 aliphatic carbocycles. The summed E-state index contributed by atoms with van der Waals surface area (Å²) in [5.74, 6) is -0.428. The molecule has 2 nitrogen and oxygen atoms in total. The second-order valence-corrected chi connectivity index (χ2v) is 4.64. The van der Waals surface area contributed by atoms with Crippen LogP contribution in [-0.2, 0) is 0 Å². The molecule has 1 heterocycles. The van der Waals surface area contributed by atoms with Crippen LogP contribution >= 0.6 is 22.9 Å². The number of nitrogen functional groups attached to an aromatic ring is 1. The maximum Gasteiger partial charge on any atom is 0.148 e. The second-order valence-electron chi connectivity index (χ2n) is 2.93. The molecule has 0 amide bonds. The highest BCUT2D eigenvalue weighted by molar-refractivity contribution is 7.19. The van der Waals surface area contributed by atoms with Crippen molar-refractivity contribution >= 4 is 39.3 Å². The van der Waals surface area contributed by atoms with E-state index in [-0.39, 0.29) is 5.69 Å². The fourth-order valence-corrected chi connectivity index (χ4v) is 2.12. The van der Waals surface area contributed by atoms with Crippen LogP contribution in [0, 0.1) is 5.82 Å². The number of thiophene rings is 1. The third-order valence-electron chi connectivity index (χ3n) is 1.88. The number of anilines is 3. The van der Waals surface area contributed by atoms with Crippen LogP contribution in [0.25, 0.3) is 0 Å². The Bertz CT molecular complexity index is 484. The van der Waals surface area contributed by atoms with Gasteiger partial charge in [0, 0.05) is 0 Å². The molecule has 2 aromatic rings. The van der Waals surface area contributed by atoms with Crippen molar-refractivity contribution in [3.8, 4) is 0 Å². The first-order chi connectivity index (χ1) is 7.16. The normalized spacial score (nSPS) is 10.3. The van der Waals surface area contributed by atoms with E-state index in [1.165, 1.54) is 17.4 Å². The first kappa shape index (κ1) is 10.3. The largest absolute Gasteiger partial charge is 0.395 e. The predicted molar refractivity (Wildman–Crippen MR) is 63.4 cm³/mol. The molecule has 0 saturated heterocycles. The van der Waals surface area contributed by atoms with E-state index in [1.807, 2.05) is 6.07 Å². The van der Waals surface area contributed by atoms with E-state index in [0.29, 0.717) is 10.0 Å².